The number of aliphatic hydroxyl groups is 1. The van der Waals surface area contributed by atoms with Gasteiger partial charge in [0.05, 0.1) is 18.4 Å². The molecule has 1 aromatic carbocycles. The van der Waals surface area contributed by atoms with Gasteiger partial charge in [0, 0.05) is 19.8 Å². The maximum absolute atomic E-state index is 12.2. The lowest BCUT2D eigenvalue weighted by Crippen LogP contribution is -2.53. The second kappa shape index (κ2) is 7.88. The van der Waals surface area contributed by atoms with E-state index in [1.54, 1.807) is 24.1 Å². The summed E-state index contributed by atoms with van der Waals surface area (Å²) in [5, 5.41) is 17.7. The summed E-state index contributed by atoms with van der Waals surface area (Å²) in [7, 11) is 1.80. The van der Waals surface area contributed by atoms with E-state index in [1.165, 1.54) is 0 Å². The van der Waals surface area contributed by atoms with E-state index in [0.29, 0.717) is 18.7 Å². The molecule has 0 radical (unpaired) electrons. The smallest absolute Gasteiger partial charge is 0.238 e. The van der Waals surface area contributed by atoms with Gasteiger partial charge in [-0.2, -0.15) is 5.10 Å². The summed E-state index contributed by atoms with van der Waals surface area (Å²) in [5.41, 5.74) is 0.843. The molecule has 1 aliphatic rings. The van der Waals surface area contributed by atoms with Crippen molar-refractivity contribution in [1.82, 2.24) is 14.7 Å². The number of aryl methyl sites for hydroxylation is 2. The lowest BCUT2D eigenvalue weighted by atomic mass is 9.93. The Balaban J connectivity index is 1.51. The fourth-order valence-electron chi connectivity index (χ4n) is 3.27. The molecule has 1 fully saturated rings. The highest BCUT2D eigenvalue weighted by atomic mass is 16.5. The van der Waals surface area contributed by atoms with Crippen molar-refractivity contribution in [2.45, 2.75) is 25.4 Å². The summed E-state index contributed by atoms with van der Waals surface area (Å²) in [6.45, 7) is 3.66. The Bertz CT molecular complexity index is 761. The summed E-state index contributed by atoms with van der Waals surface area (Å²) >= 11 is 0. The lowest BCUT2D eigenvalue weighted by Gasteiger charge is -2.38. The van der Waals surface area contributed by atoms with Crippen molar-refractivity contribution in [2.24, 2.45) is 7.05 Å². The highest BCUT2D eigenvalue weighted by molar-refractivity contribution is 5.91. The molecular weight excluding hydrogens is 332 g/mol. The number of benzene rings is 1. The number of hydrogen-bond donors (Lipinski definition) is 2. The van der Waals surface area contributed by atoms with Crippen LogP contribution >= 0.6 is 0 Å². The van der Waals surface area contributed by atoms with Gasteiger partial charge >= 0.3 is 0 Å². The number of rotatable bonds is 6. The molecule has 2 aromatic rings. The molecule has 1 amide bonds. The average molecular weight is 358 g/mol. The molecular formula is C19H26N4O3. The first-order valence-corrected chi connectivity index (χ1v) is 8.85. The predicted octanol–water partition coefficient (Wildman–Crippen LogP) is 1.57. The second-order valence-corrected chi connectivity index (χ2v) is 7.09. The van der Waals surface area contributed by atoms with E-state index in [1.807, 2.05) is 36.1 Å². The van der Waals surface area contributed by atoms with E-state index in [4.69, 9.17) is 4.74 Å². The van der Waals surface area contributed by atoms with E-state index in [2.05, 4.69) is 10.4 Å². The number of nitrogens with one attached hydrogen (secondary N) is 1. The third-order valence-electron chi connectivity index (χ3n) is 4.49. The van der Waals surface area contributed by atoms with Crippen LogP contribution < -0.4 is 10.1 Å². The number of ether oxygens (including phenoxy) is 1. The standard InChI is InChI=1S/C19H26N4O3/c1-15-5-3-6-17(9-15)26-14-19(25)7-4-8-23(13-19)12-18(24)21-16-10-20-22(2)11-16/h3,5-6,9-11,25H,4,7-8,12-14H2,1-2H3,(H,21,24)/t19-/m0/s1. The van der Waals surface area contributed by atoms with Crippen LogP contribution in [0.3, 0.4) is 0 Å². The normalized spacial score (nSPS) is 20.7. The Hall–Kier alpha value is -2.38. The van der Waals surface area contributed by atoms with Gasteiger partial charge in [-0.3, -0.25) is 14.4 Å². The van der Waals surface area contributed by atoms with Crippen LogP contribution in [0, 0.1) is 6.92 Å². The first kappa shape index (κ1) is 18.4. The van der Waals surface area contributed by atoms with Crippen molar-refractivity contribution in [3.8, 4) is 5.75 Å². The van der Waals surface area contributed by atoms with E-state index < -0.39 is 5.60 Å². The van der Waals surface area contributed by atoms with Crippen LogP contribution in [0.5, 0.6) is 5.75 Å². The van der Waals surface area contributed by atoms with Gasteiger partial charge in [-0.1, -0.05) is 12.1 Å². The number of likely N-dealkylation sites (tertiary alicyclic amines) is 1. The predicted molar refractivity (Wildman–Crippen MR) is 99.1 cm³/mol. The fraction of sp³-hybridized carbons (Fsp3) is 0.474. The minimum atomic E-state index is -0.948. The summed E-state index contributed by atoms with van der Waals surface area (Å²) < 4.78 is 7.43. The van der Waals surface area contributed by atoms with Crippen LogP contribution in [-0.2, 0) is 11.8 Å². The molecule has 2 heterocycles. The highest BCUT2D eigenvalue weighted by Crippen LogP contribution is 2.23. The molecule has 0 unspecified atom stereocenters. The number of piperidine rings is 1. The largest absolute Gasteiger partial charge is 0.491 e. The second-order valence-electron chi connectivity index (χ2n) is 7.09. The van der Waals surface area contributed by atoms with Gasteiger partial charge in [0.2, 0.25) is 5.91 Å². The number of amides is 1. The van der Waals surface area contributed by atoms with Crippen LogP contribution in [0.15, 0.2) is 36.7 Å². The average Bonchev–Trinajstić information content (AvgIpc) is 2.98. The number of β-amino-alcohol motifs (C(OH)–C–C–N with tert-alkyl or cyclic N) is 1. The van der Waals surface area contributed by atoms with Gasteiger partial charge in [-0.25, -0.2) is 0 Å². The molecule has 0 spiro atoms. The number of nitrogens with zero attached hydrogens (tertiary/aromatic N) is 3. The maximum atomic E-state index is 12.2. The fourth-order valence-corrected chi connectivity index (χ4v) is 3.27. The van der Waals surface area contributed by atoms with Crippen LogP contribution in [0.2, 0.25) is 0 Å². The van der Waals surface area contributed by atoms with Crippen molar-refractivity contribution in [3.63, 3.8) is 0 Å². The van der Waals surface area contributed by atoms with Gasteiger partial charge in [0.15, 0.2) is 0 Å². The summed E-state index contributed by atoms with van der Waals surface area (Å²) in [4.78, 5) is 14.2. The topological polar surface area (TPSA) is 79.6 Å². The molecule has 2 N–H and O–H groups in total. The first-order valence-electron chi connectivity index (χ1n) is 8.85. The van der Waals surface area contributed by atoms with Gasteiger partial charge in [-0.15, -0.1) is 0 Å². The maximum Gasteiger partial charge on any atom is 0.238 e. The Morgan fingerprint density at radius 3 is 3.04 bits per heavy atom. The first-order chi connectivity index (χ1) is 12.4. The zero-order chi connectivity index (χ0) is 18.6. The molecule has 3 rings (SSSR count). The van der Waals surface area contributed by atoms with Crippen LogP contribution in [0.4, 0.5) is 5.69 Å². The van der Waals surface area contributed by atoms with Crippen molar-refractivity contribution in [3.05, 3.63) is 42.2 Å². The number of hydrogen-bond acceptors (Lipinski definition) is 5. The molecule has 1 saturated heterocycles. The summed E-state index contributed by atoms with van der Waals surface area (Å²) in [6.07, 6.45) is 4.85. The van der Waals surface area contributed by atoms with Gasteiger partial charge in [-0.05, 0) is 44.0 Å². The van der Waals surface area contributed by atoms with Crippen LogP contribution in [0.1, 0.15) is 18.4 Å². The molecule has 26 heavy (non-hydrogen) atoms. The van der Waals surface area contributed by atoms with E-state index >= 15 is 0 Å². The van der Waals surface area contributed by atoms with Crippen molar-refractivity contribution in [1.29, 1.82) is 0 Å². The van der Waals surface area contributed by atoms with E-state index in [-0.39, 0.29) is 19.1 Å². The number of carbonyl (C=O) groups is 1. The number of carbonyl (C=O) groups excluding carboxylic acids is 1. The Morgan fingerprint density at radius 1 is 1.46 bits per heavy atom. The quantitative estimate of drug-likeness (QED) is 0.819. The Labute approximate surface area is 153 Å². The molecule has 1 aliphatic heterocycles. The van der Waals surface area contributed by atoms with Crippen LogP contribution in [0.25, 0.3) is 0 Å². The molecule has 140 valence electrons. The zero-order valence-electron chi connectivity index (χ0n) is 15.3. The van der Waals surface area contributed by atoms with E-state index in [0.717, 1.165) is 24.3 Å². The molecule has 0 bridgehead atoms. The number of anilines is 1. The van der Waals surface area contributed by atoms with Crippen LogP contribution in [-0.4, -0.2) is 57.5 Å². The molecule has 0 aliphatic carbocycles. The Kier molecular flexibility index (Phi) is 5.58. The van der Waals surface area contributed by atoms with Gasteiger partial charge in [0.1, 0.15) is 18.0 Å². The molecule has 7 heteroatoms. The highest BCUT2D eigenvalue weighted by Gasteiger charge is 2.34. The minimum Gasteiger partial charge on any atom is -0.491 e. The molecule has 0 saturated carbocycles. The SMILES string of the molecule is Cc1cccc(OC[C@]2(O)CCCN(CC(=O)Nc3cnn(C)c3)C2)c1. The van der Waals surface area contributed by atoms with Gasteiger partial charge < -0.3 is 15.2 Å². The van der Waals surface area contributed by atoms with Crippen molar-refractivity contribution < 1.29 is 14.6 Å². The third-order valence-corrected chi connectivity index (χ3v) is 4.49. The minimum absolute atomic E-state index is 0.109. The third kappa shape index (κ3) is 5.06. The lowest BCUT2D eigenvalue weighted by molar-refractivity contribution is -0.119. The molecule has 1 aromatic heterocycles. The Morgan fingerprint density at radius 2 is 2.31 bits per heavy atom. The van der Waals surface area contributed by atoms with Crippen molar-refractivity contribution >= 4 is 11.6 Å². The summed E-state index contributed by atoms with van der Waals surface area (Å²) in [5.74, 6) is 0.645. The van der Waals surface area contributed by atoms with Gasteiger partial charge in [0.25, 0.3) is 0 Å². The molecule has 7 nitrogen and oxygen atoms in total. The zero-order valence-corrected chi connectivity index (χ0v) is 15.3. The molecule has 1 atom stereocenters. The van der Waals surface area contributed by atoms with Crippen molar-refractivity contribution in [2.75, 3.05) is 31.6 Å². The summed E-state index contributed by atoms with van der Waals surface area (Å²) in [6, 6.07) is 7.78. The number of aromatic nitrogens is 2. The van der Waals surface area contributed by atoms with E-state index in [9.17, 15) is 9.90 Å². The monoisotopic (exact) mass is 358 g/mol.